The van der Waals surface area contributed by atoms with Gasteiger partial charge in [0.05, 0.1) is 13.1 Å². The Hall–Kier alpha value is -2.50. The monoisotopic (exact) mass is 332 g/mol. The van der Waals surface area contributed by atoms with Crippen LogP contribution in [0.15, 0.2) is 47.6 Å². The molecule has 0 aliphatic heterocycles. The van der Waals surface area contributed by atoms with Crippen LogP contribution in [0, 0.1) is 5.82 Å². The predicted octanol–water partition coefficient (Wildman–Crippen LogP) is 2.64. The number of rotatable bonds is 6. The van der Waals surface area contributed by atoms with Gasteiger partial charge in [0.2, 0.25) is 0 Å². The Morgan fingerprint density at radius 3 is 2.71 bits per heavy atom. The fraction of sp³-hybridized carbons (Fsp3) is 0.389. The molecule has 0 fully saturated rings. The van der Waals surface area contributed by atoms with Crippen molar-refractivity contribution in [3.05, 3.63) is 54.1 Å². The van der Waals surface area contributed by atoms with Crippen molar-refractivity contribution < 1.29 is 9.13 Å². The van der Waals surface area contributed by atoms with Crippen LogP contribution in [-0.4, -0.2) is 42.2 Å². The van der Waals surface area contributed by atoms with E-state index >= 15 is 0 Å². The average Bonchev–Trinajstić information content (AvgIpc) is 2.95. The van der Waals surface area contributed by atoms with E-state index in [-0.39, 0.29) is 17.7 Å². The van der Waals surface area contributed by atoms with E-state index in [1.807, 2.05) is 38.2 Å². The van der Waals surface area contributed by atoms with E-state index in [0.29, 0.717) is 6.54 Å². The lowest BCUT2D eigenvalue weighted by Gasteiger charge is -2.24. The molecule has 0 aliphatic carbocycles. The second-order valence-corrected chi connectivity index (χ2v) is 5.75. The summed E-state index contributed by atoms with van der Waals surface area (Å²) in [5.74, 6) is 0.675. The smallest absolute Gasteiger partial charge is 0.193 e. The first-order chi connectivity index (χ1) is 11.5. The maximum Gasteiger partial charge on any atom is 0.193 e. The molecule has 0 amide bonds. The number of guanidine groups is 1. The maximum atomic E-state index is 13.6. The maximum absolute atomic E-state index is 13.6. The van der Waals surface area contributed by atoms with Gasteiger partial charge in [-0.2, -0.15) is 0 Å². The zero-order valence-electron chi connectivity index (χ0n) is 14.7. The van der Waals surface area contributed by atoms with E-state index in [2.05, 4.69) is 20.9 Å². The fourth-order valence-corrected chi connectivity index (χ4v) is 2.40. The molecule has 130 valence electrons. The van der Waals surface area contributed by atoms with Gasteiger partial charge in [-0.25, -0.2) is 4.39 Å². The first-order valence-corrected chi connectivity index (χ1v) is 7.94. The number of nitrogens with zero attached hydrogens (tertiary/aromatic N) is 3. The first-order valence-electron chi connectivity index (χ1n) is 7.94. The molecule has 0 bridgehead atoms. The molecule has 2 rings (SSSR count). The highest BCUT2D eigenvalue weighted by atomic mass is 19.1. The third kappa shape index (κ3) is 4.75. The van der Waals surface area contributed by atoms with Crippen LogP contribution in [-0.2, 0) is 13.6 Å². The quantitative estimate of drug-likeness (QED) is 0.653. The van der Waals surface area contributed by atoms with Gasteiger partial charge in [0.25, 0.3) is 0 Å². The molecule has 0 saturated carbocycles. The van der Waals surface area contributed by atoms with Gasteiger partial charge in [0.1, 0.15) is 6.10 Å². The van der Waals surface area contributed by atoms with Gasteiger partial charge in [-0.1, -0.05) is 12.1 Å². The topological polar surface area (TPSA) is 41.8 Å². The van der Waals surface area contributed by atoms with Crippen LogP contribution in [0.2, 0.25) is 0 Å². The molecular weight excluding hydrogens is 307 g/mol. The van der Waals surface area contributed by atoms with Crippen LogP contribution >= 0.6 is 0 Å². The van der Waals surface area contributed by atoms with Gasteiger partial charge in [0.15, 0.2) is 17.5 Å². The van der Waals surface area contributed by atoms with Crippen LogP contribution in [0.25, 0.3) is 0 Å². The van der Waals surface area contributed by atoms with Gasteiger partial charge in [-0.3, -0.25) is 4.99 Å². The number of aromatic nitrogens is 1. The lowest BCUT2D eigenvalue weighted by molar-refractivity contribution is 0.212. The van der Waals surface area contributed by atoms with Crippen molar-refractivity contribution in [1.29, 1.82) is 0 Å². The summed E-state index contributed by atoms with van der Waals surface area (Å²) in [7, 11) is 5.74. The van der Waals surface area contributed by atoms with Crippen molar-refractivity contribution in [2.45, 2.75) is 19.6 Å². The second kappa shape index (κ2) is 8.38. The zero-order chi connectivity index (χ0) is 17.5. The van der Waals surface area contributed by atoms with Gasteiger partial charge in [-0.15, -0.1) is 0 Å². The number of para-hydroxylation sites is 1. The Labute approximate surface area is 142 Å². The number of aliphatic imine (C=N–C) groups is 1. The van der Waals surface area contributed by atoms with Crippen LogP contribution in [0.4, 0.5) is 4.39 Å². The minimum Gasteiger partial charge on any atom is -0.486 e. The van der Waals surface area contributed by atoms with E-state index in [9.17, 15) is 4.39 Å². The molecule has 0 spiro atoms. The number of benzene rings is 1. The SMILES string of the molecule is CN=C(NCC(C)Oc1ccccc1F)N(C)Cc1cccn1C. The number of nitrogens with one attached hydrogen (secondary N) is 1. The Bertz CT molecular complexity index is 683. The van der Waals surface area contributed by atoms with Gasteiger partial charge >= 0.3 is 0 Å². The van der Waals surface area contributed by atoms with Crippen LogP contribution in [0.5, 0.6) is 5.75 Å². The molecule has 1 heterocycles. The lowest BCUT2D eigenvalue weighted by atomic mass is 10.3. The number of aryl methyl sites for hydroxylation is 1. The Morgan fingerprint density at radius 2 is 2.08 bits per heavy atom. The summed E-state index contributed by atoms with van der Waals surface area (Å²) in [6.07, 6.45) is 1.83. The number of hydrogen-bond donors (Lipinski definition) is 1. The van der Waals surface area contributed by atoms with E-state index in [0.717, 1.165) is 12.5 Å². The minimum atomic E-state index is -0.352. The fourth-order valence-electron chi connectivity index (χ4n) is 2.40. The van der Waals surface area contributed by atoms with E-state index in [1.54, 1.807) is 25.2 Å². The Morgan fingerprint density at radius 1 is 1.33 bits per heavy atom. The van der Waals surface area contributed by atoms with Crippen molar-refractivity contribution in [3.8, 4) is 5.75 Å². The molecule has 2 aromatic rings. The molecule has 5 nitrogen and oxygen atoms in total. The summed E-state index contributed by atoms with van der Waals surface area (Å²) < 4.78 is 21.3. The molecule has 1 aromatic carbocycles. The average molecular weight is 332 g/mol. The van der Waals surface area contributed by atoms with E-state index < -0.39 is 0 Å². The third-order valence-electron chi connectivity index (χ3n) is 3.74. The van der Waals surface area contributed by atoms with Gasteiger partial charge < -0.3 is 19.5 Å². The lowest BCUT2D eigenvalue weighted by Crippen LogP contribution is -2.42. The molecule has 1 aromatic heterocycles. The third-order valence-corrected chi connectivity index (χ3v) is 3.74. The Kier molecular flexibility index (Phi) is 6.23. The van der Waals surface area contributed by atoms with Crippen molar-refractivity contribution >= 4 is 5.96 Å². The van der Waals surface area contributed by atoms with Crippen molar-refractivity contribution in [3.63, 3.8) is 0 Å². The summed E-state index contributed by atoms with van der Waals surface area (Å²) >= 11 is 0. The van der Waals surface area contributed by atoms with Crippen molar-refractivity contribution in [2.24, 2.45) is 12.0 Å². The van der Waals surface area contributed by atoms with Gasteiger partial charge in [0, 0.05) is 33.0 Å². The molecule has 0 saturated heterocycles. The van der Waals surface area contributed by atoms with E-state index in [1.165, 1.54) is 11.8 Å². The minimum absolute atomic E-state index is 0.193. The molecule has 0 aliphatic rings. The van der Waals surface area contributed by atoms with Crippen molar-refractivity contribution in [2.75, 3.05) is 20.6 Å². The molecular formula is C18H25FN4O. The molecule has 0 radical (unpaired) electrons. The molecule has 1 N–H and O–H groups in total. The van der Waals surface area contributed by atoms with Gasteiger partial charge in [-0.05, 0) is 31.2 Å². The first kappa shape index (κ1) is 17.8. The van der Waals surface area contributed by atoms with Crippen LogP contribution in [0.1, 0.15) is 12.6 Å². The van der Waals surface area contributed by atoms with E-state index in [4.69, 9.17) is 4.74 Å². The molecule has 24 heavy (non-hydrogen) atoms. The molecule has 6 heteroatoms. The summed E-state index contributed by atoms with van der Waals surface area (Å²) in [5.41, 5.74) is 1.19. The summed E-state index contributed by atoms with van der Waals surface area (Å²) in [6.45, 7) is 3.16. The summed E-state index contributed by atoms with van der Waals surface area (Å²) in [6, 6.07) is 10.5. The molecule has 1 atom stereocenters. The highest BCUT2D eigenvalue weighted by molar-refractivity contribution is 5.79. The largest absolute Gasteiger partial charge is 0.486 e. The van der Waals surface area contributed by atoms with Crippen LogP contribution < -0.4 is 10.1 Å². The molecule has 1 unspecified atom stereocenters. The van der Waals surface area contributed by atoms with Crippen LogP contribution in [0.3, 0.4) is 0 Å². The summed E-state index contributed by atoms with van der Waals surface area (Å²) in [5, 5.41) is 3.26. The highest BCUT2D eigenvalue weighted by Gasteiger charge is 2.12. The highest BCUT2D eigenvalue weighted by Crippen LogP contribution is 2.16. The standard InChI is InChI=1S/C18H25FN4O/c1-14(24-17-10-6-5-9-16(17)19)12-21-18(20-2)23(4)13-15-8-7-11-22(15)3/h5-11,14H,12-13H2,1-4H3,(H,20,21). The second-order valence-electron chi connectivity index (χ2n) is 5.75. The van der Waals surface area contributed by atoms with Crippen molar-refractivity contribution in [1.82, 2.24) is 14.8 Å². The summed E-state index contributed by atoms with van der Waals surface area (Å²) in [4.78, 5) is 6.32. The predicted molar refractivity (Wildman–Crippen MR) is 94.7 cm³/mol. The number of hydrogen-bond acceptors (Lipinski definition) is 2. The number of halogens is 1. The normalized spacial score (nSPS) is 12.8. The zero-order valence-corrected chi connectivity index (χ0v) is 14.7. The number of ether oxygens (including phenoxy) is 1. The Balaban J connectivity index is 1.86.